The van der Waals surface area contributed by atoms with E-state index in [9.17, 15) is 0 Å². The molecule has 1 aromatic carbocycles. The fourth-order valence-corrected chi connectivity index (χ4v) is 2.74. The average Bonchev–Trinajstić information content (AvgIpc) is 2.46. The Morgan fingerprint density at radius 2 is 2.26 bits per heavy atom. The number of piperidine rings is 1. The lowest BCUT2D eigenvalue weighted by molar-refractivity contribution is 0.178. The van der Waals surface area contributed by atoms with Gasteiger partial charge in [0, 0.05) is 18.6 Å². The summed E-state index contributed by atoms with van der Waals surface area (Å²) in [5.41, 5.74) is 1.29. The summed E-state index contributed by atoms with van der Waals surface area (Å²) in [7, 11) is 3.95. The zero-order valence-corrected chi connectivity index (χ0v) is 12.4. The fraction of sp³-hybridized carbons (Fsp3) is 0.625. The quantitative estimate of drug-likeness (QED) is 0.883. The van der Waals surface area contributed by atoms with Crippen molar-refractivity contribution < 1.29 is 4.74 Å². The lowest BCUT2D eigenvalue weighted by atomic mass is 10.0. The molecule has 1 unspecified atom stereocenters. The Morgan fingerprint density at radius 3 is 3.00 bits per heavy atom. The minimum absolute atomic E-state index is 0.366. The highest BCUT2D eigenvalue weighted by molar-refractivity contribution is 5.30. The Labute approximate surface area is 116 Å². The van der Waals surface area contributed by atoms with Crippen molar-refractivity contribution in [3.8, 4) is 5.75 Å². The molecule has 2 atom stereocenters. The largest absolute Gasteiger partial charge is 0.497 e. The predicted molar refractivity (Wildman–Crippen MR) is 79.7 cm³/mol. The second-order valence-electron chi connectivity index (χ2n) is 5.54. The highest BCUT2D eigenvalue weighted by Gasteiger charge is 2.19. The molecule has 0 aliphatic carbocycles. The van der Waals surface area contributed by atoms with Crippen LogP contribution in [-0.2, 0) is 0 Å². The van der Waals surface area contributed by atoms with Crippen molar-refractivity contribution in [3.63, 3.8) is 0 Å². The van der Waals surface area contributed by atoms with E-state index in [1.165, 1.54) is 31.4 Å². The molecule has 19 heavy (non-hydrogen) atoms. The van der Waals surface area contributed by atoms with Crippen molar-refractivity contribution >= 4 is 0 Å². The third-order valence-corrected chi connectivity index (χ3v) is 4.17. The van der Waals surface area contributed by atoms with E-state index in [-0.39, 0.29) is 0 Å². The molecule has 1 N–H and O–H groups in total. The molecule has 3 nitrogen and oxygen atoms in total. The zero-order valence-electron chi connectivity index (χ0n) is 12.4. The van der Waals surface area contributed by atoms with Crippen LogP contribution in [0.15, 0.2) is 24.3 Å². The van der Waals surface area contributed by atoms with Gasteiger partial charge in [0.25, 0.3) is 0 Å². The summed E-state index contributed by atoms with van der Waals surface area (Å²) in [5, 5.41) is 3.65. The Hall–Kier alpha value is -1.06. The van der Waals surface area contributed by atoms with Crippen LogP contribution in [0, 0.1) is 0 Å². The summed E-state index contributed by atoms with van der Waals surface area (Å²) in [6, 6.07) is 9.37. The number of nitrogens with zero attached hydrogens (tertiary/aromatic N) is 1. The third kappa shape index (κ3) is 3.95. The van der Waals surface area contributed by atoms with Crippen LogP contribution >= 0.6 is 0 Å². The maximum atomic E-state index is 5.28. The topological polar surface area (TPSA) is 24.5 Å². The number of methoxy groups -OCH3 is 1. The summed E-state index contributed by atoms with van der Waals surface area (Å²) in [6.45, 7) is 4.52. The number of ether oxygens (including phenoxy) is 1. The molecule has 0 spiro atoms. The van der Waals surface area contributed by atoms with Crippen molar-refractivity contribution in [1.29, 1.82) is 0 Å². The van der Waals surface area contributed by atoms with Crippen LogP contribution in [0.5, 0.6) is 5.75 Å². The van der Waals surface area contributed by atoms with Crippen LogP contribution in [0.1, 0.15) is 37.8 Å². The van der Waals surface area contributed by atoms with E-state index >= 15 is 0 Å². The Kier molecular flexibility index (Phi) is 5.23. The molecule has 1 saturated heterocycles. The maximum Gasteiger partial charge on any atom is 0.119 e. The van der Waals surface area contributed by atoms with Gasteiger partial charge in [0.2, 0.25) is 0 Å². The van der Waals surface area contributed by atoms with Crippen LogP contribution in [0.2, 0.25) is 0 Å². The van der Waals surface area contributed by atoms with E-state index in [1.807, 2.05) is 6.07 Å². The standard InChI is InChI=1S/C16H26N2O/c1-13(14-7-6-9-16(11-14)19-3)17-12-15-8-4-5-10-18(15)2/h6-7,9,11,13,15,17H,4-5,8,10,12H2,1-3H3/t13-,15?/m1/s1. The summed E-state index contributed by atoms with van der Waals surface area (Å²) in [6.07, 6.45) is 4.02. The van der Waals surface area contributed by atoms with Crippen LogP contribution < -0.4 is 10.1 Å². The van der Waals surface area contributed by atoms with Crippen LogP contribution in [0.3, 0.4) is 0 Å². The molecule has 0 aromatic heterocycles. The number of hydrogen-bond acceptors (Lipinski definition) is 3. The van der Waals surface area contributed by atoms with E-state index in [0.717, 1.165) is 12.3 Å². The number of benzene rings is 1. The number of likely N-dealkylation sites (tertiary alicyclic amines) is 1. The molecule has 1 aliphatic heterocycles. The molecule has 1 aliphatic rings. The predicted octanol–water partition coefficient (Wildman–Crippen LogP) is 2.83. The first-order chi connectivity index (χ1) is 9.20. The van der Waals surface area contributed by atoms with Gasteiger partial charge in [0.15, 0.2) is 0 Å². The molecule has 106 valence electrons. The van der Waals surface area contributed by atoms with Gasteiger partial charge in [-0.2, -0.15) is 0 Å². The normalized spacial score (nSPS) is 22.2. The lowest BCUT2D eigenvalue weighted by Gasteiger charge is -2.33. The monoisotopic (exact) mass is 262 g/mol. The number of rotatable bonds is 5. The molecule has 1 heterocycles. The molecule has 3 heteroatoms. The Bertz CT molecular complexity index is 394. The summed E-state index contributed by atoms with van der Waals surface area (Å²) < 4.78 is 5.28. The molecule has 1 aromatic rings. The summed E-state index contributed by atoms with van der Waals surface area (Å²) in [4.78, 5) is 2.48. The number of hydrogen-bond donors (Lipinski definition) is 1. The van der Waals surface area contributed by atoms with E-state index in [4.69, 9.17) is 4.74 Å². The lowest BCUT2D eigenvalue weighted by Crippen LogP contribution is -2.43. The van der Waals surface area contributed by atoms with Crippen molar-refractivity contribution in [2.75, 3.05) is 27.2 Å². The summed E-state index contributed by atoms with van der Waals surface area (Å²) in [5.74, 6) is 0.931. The molecule has 0 bridgehead atoms. The first-order valence-electron chi connectivity index (χ1n) is 7.28. The van der Waals surface area contributed by atoms with Crippen LogP contribution in [-0.4, -0.2) is 38.2 Å². The maximum absolute atomic E-state index is 5.28. The van der Waals surface area contributed by atoms with E-state index in [2.05, 4.69) is 42.4 Å². The van der Waals surface area contributed by atoms with Crippen molar-refractivity contribution in [2.45, 2.75) is 38.3 Å². The van der Waals surface area contributed by atoms with Crippen molar-refractivity contribution in [2.24, 2.45) is 0 Å². The van der Waals surface area contributed by atoms with Gasteiger partial charge in [-0.15, -0.1) is 0 Å². The molecule has 2 rings (SSSR count). The Balaban J connectivity index is 1.87. The van der Waals surface area contributed by atoms with Crippen molar-refractivity contribution in [1.82, 2.24) is 10.2 Å². The molecular formula is C16H26N2O. The van der Waals surface area contributed by atoms with Gasteiger partial charge in [0.1, 0.15) is 5.75 Å². The van der Waals surface area contributed by atoms with Gasteiger partial charge in [-0.05, 0) is 51.1 Å². The van der Waals surface area contributed by atoms with E-state index in [1.54, 1.807) is 7.11 Å². The summed E-state index contributed by atoms with van der Waals surface area (Å²) >= 11 is 0. The molecular weight excluding hydrogens is 236 g/mol. The minimum Gasteiger partial charge on any atom is -0.497 e. The second kappa shape index (κ2) is 6.92. The Morgan fingerprint density at radius 1 is 1.42 bits per heavy atom. The SMILES string of the molecule is COc1cccc([C@@H](C)NCC2CCCCN2C)c1. The first kappa shape index (κ1) is 14.4. The van der Waals surface area contributed by atoms with E-state index < -0.39 is 0 Å². The first-order valence-corrected chi connectivity index (χ1v) is 7.28. The van der Waals surface area contributed by atoms with Gasteiger partial charge in [-0.3, -0.25) is 0 Å². The molecule has 0 radical (unpaired) electrons. The second-order valence-corrected chi connectivity index (χ2v) is 5.54. The van der Waals surface area contributed by atoms with Gasteiger partial charge in [0.05, 0.1) is 7.11 Å². The third-order valence-electron chi connectivity index (χ3n) is 4.17. The number of nitrogens with one attached hydrogen (secondary N) is 1. The van der Waals surface area contributed by atoms with Crippen LogP contribution in [0.25, 0.3) is 0 Å². The fourth-order valence-electron chi connectivity index (χ4n) is 2.74. The molecule has 1 fully saturated rings. The minimum atomic E-state index is 0.366. The van der Waals surface area contributed by atoms with Crippen molar-refractivity contribution in [3.05, 3.63) is 29.8 Å². The highest BCUT2D eigenvalue weighted by Crippen LogP contribution is 2.20. The van der Waals surface area contributed by atoms with Gasteiger partial charge < -0.3 is 15.0 Å². The van der Waals surface area contributed by atoms with Gasteiger partial charge in [-0.25, -0.2) is 0 Å². The van der Waals surface area contributed by atoms with E-state index in [0.29, 0.717) is 12.1 Å². The van der Waals surface area contributed by atoms with Gasteiger partial charge in [-0.1, -0.05) is 18.6 Å². The van der Waals surface area contributed by atoms with Gasteiger partial charge >= 0.3 is 0 Å². The average molecular weight is 262 g/mol. The molecule has 0 amide bonds. The van der Waals surface area contributed by atoms with Crippen LogP contribution in [0.4, 0.5) is 0 Å². The smallest absolute Gasteiger partial charge is 0.119 e. The number of likely N-dealkylation sites (N-methyl/N-ethyl adjacent to an activating group) is 1. The highest BCUT2D eigenvalue weighted by atomic mass is 16.5. The zero-order chi connectivity index (χ0) is 13.7. The molecule has 0 saturated carbocycles.